The zero-order chi connectivity index (χ0) is 19.7. The number of rotatable bonds is 4. The summed E-state index contributed by atoms with van der Waals surface area (Å²) in [5.74, 6) is -1.30. The highest BCUT2D eigenvalue weighted by atomic mass is 16.3. The summed E-state index contributed by atoms with van der Waals surface area (Å²) in [5, 5.41) is 39.6. The molecule has 0 heterocycles. The molecule has 0 unspecified atom stereocenters. The number of aldehydes is 1. The minimum absolute atomic E-state index is 0.212. The van der Waals surface area contributed by atoms with Crippen molar-refractivity contribution in [1.29, 1.82) is 0 Å². The third kappa shape index (κ3) is 3.44. The first kappa shape index (κ1) is 18.3. The lowest BCUT2D eigenvalue weighted by Gasteiger charge is -2.23. The van der Waals surface area contributed by atoms with Crippen molar-refractivity contribution >= 4 is 6.29 Å². The molecule has 3 rings (SSSR count). The normalized spacial score (nSPS) is 10.9. The van der Waals surface area contributed by atoms with Crippen molar-refractivity contribution in [2.24, 2.45) is 0 Å². The van der Waals surface area contributed by atoms with Gasteiger partial charge in [0.05, 0.1) is 0 Å². The lowest BCUT2D eigenvalue weighted by molar-refractivity contribution is 0.112. The zero-order valence-corrected chi connectivity index (χ0v) is 15.0. The van der Waals surface area contributed by atoms with Gasteiger partial charge in [0.25, 0.3) is 0 Å². The fraction of sp³-hybridized carbons (Fsp3) is 0.136. The van der Waals surface area contributed by atoms with Gasteiger partial charge in [-0.1, -0.05) is 24.3 Å². The van der Waals surface area contributed by atoms with E-state index in [0.717, 1.165) is 34.1 Å². The van der Waals surface area contributed by atoms with E-state index in [-0.39, 0.29) is 28.9 Å². The number of phenols is 4. The van der Waals surface area contributed by atoms with E-state index >= 15 is 0 Å². The molecular formula is C22H20O5. The van der Waals surface area contributed by atoms with Crippen LogP contribution in [-0.4, -0.2) is 26.7 Å². The molecule has 0 radical (unpaired) electrons. The summed E-state index contributed by atoms with van der Waals surface area (Å²) in [6, 6.07) is 12.9. The second kappa shape index (κ2) is 7.03. The predicted octanol–water partition coefficient (Wildman–Crippen LogP) is 4.12. The van der Waals surface area contributed by atoms with E-state index in [9.17, 15) is 25.2 Å². The van der Waals surface area contributed by atoms with Gasteiger partial charge in [0.2, 0.25) is 0 Å². The number of phenolic OH excluding ortho intramolecular Hbond substituents is 4. The molecule has 0 aliphatic rings. The fourth-order valence-corrected chi connectivity index (χ4v) is 3.31. The Morgan fingerprint density at radius 3 is 1.52 bits per heavy atom. The van der Waals surface area contributed by atoms with E-state index in [1.807, 2.05) is 13.8 Å². The maximum atomic E-state index is 11.0. The van der Waals surface area contributed by atoms with E-state index in [4.69, 9.17) is 0 Å². The van der Waals surface area contributed by atoms with Crippen molar-refractivity contribution in [2.75, 3.05) is 0 Å². The highest BCUT2D eigenvalue weighted by Crippen LogP contribution is 2.42. The second-order valence-corrected chi connectivity index (χ2v) is 6.61. The van der Waals surface area contributed by atoms with Gasteiger partial charge in [-0.25, -0.2) is 0 Å². The number of aromatic hydroxyl groups is 4. The van der Waals surface area contributed by atoms with E-state index in [1.54, 1.807) is 24.3 Å². The van der Waals surface area contributed by atoms with Gasteiger partial charge in [-0.2, -0.15) is 0 Å². The lowest BCUT2D eigenvalue weighted by Crippen LogP contribution is -2.07. The Hall–Kier alpha value is -3.47. The second-order valence-electron chi connectivity index (χ2n) is 6.61. The monoisotopic (exact) mass is 364 g/mol. The average molecular weight is 364 g/mol. The van der Waals surface area contributed by atoms with Gasteiger partial charge in [0.15, 0.2) is 23.0 Å². The summed E-state index contributed by atoms with van der Waals surface area (Å²) in [7, 11) is 0. The molecule has 0 bridgehead atoms. The van der Waals surface area contributed by atoms with Crippen LogP contribution in [0.25, 0.3) is 0 Å². The van der Waals surface area contributed by atoms with Gasteiger partial charge in [0, 0.05) is 11.5 Å². The summed E-state index contributed by atoms with van der Waals surface area (Å²) < 4.78 is 0. The molecule has 0 aliphatic heterocycles. The molecule has 0 fully saturated rings. The van der Waals surface area contributed by atoms with Crippen LogP contribution in [0.5, 0.6) is 23.0 Å². The third-order valence-electron chi connectivity index (χ3n) is 4.75. The van der Waals surface area contributed by atoms with Crippen LogP contribution < -0.4 is 0 Å². The summed E-state index contributed by atoms with van der Waals surface area (Å²) in [6.07, 6.45) is 0.758. The van der Waals surface area contributed by atoms with Crippen LogP contribution >= 0.6 is 0 Å². The molecule has 0 amide bonds. The molecule has 0 spiro atoms. The third-order valence-corrected chi connectivity index (χ3v) is 4.75. The predicted molar refractivity (Wildman–Crippen MR) is 102 cm³/mol. The van der Waals surface area contributed by atoms with Gasteiger partial charge in [-0.15, -0.1) is 0 Å². The maximum absolute atomic E-state index is 11.0. The summed E-state index contributed by atoms with van der Waals surface area (Å²) in [4.78, 5) is 11.0. The van der Waals surface area contributed by atoms with Crippen molar-refractivity contribution in [1.82, 2.24) is 0 Å². The molecular weight excluding hydrogens is 344 g/mol. The van der Waals surface area contributed by atoms with Crippen LogP contribution in [0.1, 0.15) is 44.1 Å². The van der Waals surface area contributed by atoms with Gasteiger partial charge >= 0.3 is 0 Å². The van der Waals surface area contributed by atoms with Crippen molar-refractivity contribution in [2.45, 2.75) is 19.8 Å². The Morgan fingerprint density at radius 1 is 0.704 bits per heavy atom. The van der Waals surface area contributed by atoms with Crippen LogP contribution in [0.2, 0.25) is 0 Å². The summed E-state index contributed by atoms with van der Waals surface area (Å²) in [5.41, 5.74) is 4.34. The Labute approximate surface area is 156 Å². The standard InChI is InChI=1S/C22H20O5/c1-12-7-18(24)20(26)9-16(12)22(15-5-3-14(11-23)4-6-15)17-10-21(27)19(25)8-13(17)2/h3-11,22,24-27H,1-2H3. The van der Waals surface area contributed by atoms with E-state index in [0.29, 0.717) is 5.56 Å². The molecule has 5 nitrogen and oxygen atoms in total. The maximum Gasteiger partial charge on any atom is 0.157 e. The quantitative estimate of drug-likeness (QED) is 0.317. The number of hydrogen-bond acceptors (Lipinski definition) is 5. The van der Waals surface area contributed by atoms with Crippen LogP contribution in [0, 0.1) is 13.8 Å². The van der Waals surface area contributed by atoms with Crippen molar-refractivity contribution in [3.63, 3.8) is 0 Å². The van der Waals surface area contributed by atoms with E-state index < -0.39 is 0 Å². The molecule has 0 aromatic heterocycles. The van der Waals surface area contributed by atoms with Crippen molar-refractivity contribution < 1.29 is 25.2 Å². The zero-order valence-electron chi connectivity index (χ0n) is 15.0. The molecule has 5 heteroatoms. The highest BCUT2D eigenvalue weighted by Gasteiger charge is 2.23. The van der Waals surface area contributed by atoms with Gasteiger partial charge in [-0.05, 0) is 65.9 Å². The van der Waals surface area contributed by atoms with Crippen molar-refractivity contribution in [3.05, 3.63) is 81.9 Å². The Kier molecular flexibility index (Phi) is 4.77. The average Bonchev–Trinajstić information content (AvgIpc) is 2.64. The number of benzene rings is 3. The molecule has 3 aromatic carbocycles. The summed E-state index contributed by atoms with van der Waals surface area (Å²) in [6.45, 7) is 3.63. The molecule has 3 aromatic rings. The van der Waals surface area contributed by atoms with Crippen LogP contribution in [0.3, 0.4) is 0 Å². The van der Waals surface area contributed by atoms with E-state index in [2.05, 4.69) is 0 Å². The smallest absolute Gasteiger partial charge is 0.157 e. The Bertz CT molecular complexity index is 949. The first-order valence-corrected chi connectivity index (χ1v) is 8.42. The Morgan fingerprint density at radius 2 is 1.11 bits per heavy atom. The number of aryl methyl sites for hydroxylation is 2. The van der Waals surface area contributed by atoms with Crippen LogP contribution in [0.15, 0.2) is 48.5 Å². The van der Waals surface area contributed by atoms with Gasteiger partial charge in [-0.3, -0.25) is 4.79 Å². The lowest BCUT2D eigenvalue weighted by atomic mass is 9.80. The number of hydrogen-bond donors (Lipinski definition) is 4. The topological polar surface area (TPSA) is 98.0 Å². The molecule has 27 heavy (non-hydrogen) atoms. The minimum atomic E-state index is -0.385. The van der Waals surface area contributed by atoms with Gasteiger partial charge in [0.1, 0.15) is 6.29 Å². The minimum Gasteiger partial charge on any atom is -0.504 e. The molecule has 0 saturated heterocycles. The number of carbonyl (C=O) groups is 1. The molecule has 0 aliphatic carbocycles. The molecule has 0 atom stereocenters. The largest absolute Gasteiger partial charge is 0.504 e. The SMILES string of the molecule is Cc1cc(O)c(O)cc1C(c1ccc(C=O)cc1)c1cc(O)c(O)cc1C. The van der Waals surface area contributed by atoms with Crippen LogP contribution in [0.4, 0.5) is 0 Å². The Balaban J connectivity index is 2.28. The molecule has 4 N–H and O–H groups in total. The van der Waals surface area contributed by atoms with Gasteiger partial charge < -0.3 is 20.4 Å². The number of carbonyl (C=O) groups excluding carboxylic acids is 1. The summed E-state index contributed by atoms with van der Waals surface area (Å²) >= 11 is 0. The van der Waals surface area contributed by atoms with Crippen molar-refractivity contribution in [3.8, 4) is 23.0 Å². The first-order chi connectivity index (χ1) is 12.8. The highest BCUT2D eigenvalue weighted by molar-refractivity contribution is 5.74. The molecule has 0 saturated carbocycles. The first-order valence-electron chi connectivity index (χ1n) is 8.42. The molecule has 138 valence electrons. The van der Waals surface area contributed by atoms with E-state index in [1.165, 1.54) is 24.3 Å². The van der Waals surface area contributed by atoms with Crippen LogP contribution in [-0.2, 0) is 0 Å². The fourth-order valence-electron chi connectivity index (χ4n) is 3.31.